The first-order chi connectivity index (χ1) is 6.18. The molecule has 2 aromatic rings. The Hall–Kier alpha value is -1.75. The highest BCUT2D eigenvalue weighted by Gasteiger charge is 2.10. The zero-order chi connectivity index (χ0) is 9.42. The fourth-order valence-corrected chi connectivity index (χ4v) is 1.16. The standard InChI is InChI=1S/C8H7N3O2.ClH/c9-7(12)4-2-1-3-5-6(4)11-8(10)13-5;/h1-3H,(H2,9,12)(H2,10,11);1H. The molecule has 1 aromatic carbocycles. The van der Waals surface area contributed by atoms with Crippen LogP contribution in [0, 0.1) is 0 Å². The van der Waals surface area contributed by atoms with E-state index in [4.69, 9.17) is 15.9 Å². The molecule has 2 rings (SSSR count). The van der Waals surface area contributed by atoms with E-state index in [9.17, 15) is 4.79 Å². The monoisotopic (exact) mass is 213 g/mol. The summed E-state index contributed by atoms with van der Waals surface area (Å²) < 4.78 is 5.02. The second-order valence-corrected chi connectivity index (χ2v) is 2.57. The van der Waals surface area contributed by atoms with Crippen LogP contribution in [0.15, 0.2) is 22.6 Å². The van der Waals surface area contributed by atoms with Crippen LogP contribution in [0.5, 0.6) is 0 Å². The molecule has 1 amide bonds. The Labute approximate surface area is 85.5 Å². The third-order valence-electron chi connectivity index (χ3n) is 1.70. The largest absolute Gasteiger partial charge is 0.424 e. The number of rotatable bonds is 1. The molecule has 0 atom stereocenters. The molecular weight excluding hydrogens is 206 g/mol. The first kappa shape index (κ1) is 10.3. The number of nitrogens with two attached hydrogens (primary N) is 2. The first-order valence-electron chi connectivity index (χ1n) is 3.63. The fourth-order valence-electron chi connectivity index (χ4n) is 1.16. The van der Waals surface area contributed by atoms with Crippen LogP contribution in [-0.2, 0) is 0 Å². The lowest BCUT2D eigenvalue weighted by molar-refractivity contribution is 0.100. The number of carbonyl (C=O) groups is 1. The van der Waals surface area contributed by atoms with Crippen LogP contribution in [0.2, 0.25) is 0 Å². The quantitative estimate of drug-likeness (QED) is 0.737. The summed E-state index contributed by atoms with van der Waals surface area (Å²) in [5, 5.41) is 0. The van der Waals surface area contributed by atoms with Crippen LogP contribution >= 0.6 is 12.4 Å². The maximum atomic E-state index is 10.9. The average molecular weight is 214 g/mol. The number of hydrogen-bond acceptors (Lipinski definition) is 4. The van der Waals surface area contributed by atoms with Crippen molar-refractivity contribution in [1.29, 1.82) is 0 Å². The number of benzene rings is 1. The summed E-state index contributed by atoms with van der Waals surface area (Å²) in [5.41, 5.74) is 11.7. The Morgan fingerprint density at radius 2 is 2.14 bits per heavy atom. The number of halogens is 1. The van der Waals surface area contributed by atoms with E-state index in [1.54, 1.807) is 18.2 Å². The van der Waals surface area contributed by atoms with E-state index in [1.807, 2.05) is 0 Å². The lowest BCUT2D eigenvalue weighted by atomic mass is 10.2. The van der Waals surface area contributed by atoms with Crippen molar-refractivity contribution in [3.05, 3.63) is 23.8 Å². The Balaban J connectivity index is 0.000000980. The maximum absolute atomic E-state index is 10.9. The molecule has 6 heteroatoms. The van der Waals surface area contributed by atoms with Crippen LogP contribution in [0.1, 0.15) is 10.4 Å². The summed E-state index contributed by atoms with van der Waals surface area (Å²) in [6.07, 6.45) is 0. The Kier molecular flexibility index (Phi) is 2.62. The molecule has 0 aliphatic carbocycles. The van der Waals surface area contributed by atoms with Gasteiger partial charge in [0.1, 0.15) is 5.52 Å². The van der Waals surface area contributed by atoms with Gasteiger partial charge < -0.3 is 15.9 Å². The zero-order valence-electron chi connectivity index (χ0n) is 7.06. The molecule has 74 valence electrons. The summed E-state index contributed by atoms with van der Waals surface area (Å²) in [5.74, 6) is -0.543. The Morgan fingerprint density at radius 3 is 2.79 bits per heavy atom. The molecule has 0 radical (unpaired) electrons. The van der Waals surface area contributed by atoms with Gasteiger partial charge in [-0.3, -0.25) is 4.79 Å². The van der Waals surface area contributed by atoms with E-state index in [2.05, 4.69) is 4.98 Å². The number of aromatic nitrogens is 1. The van der Waals surface area contributed by atoms with E-state index in [0.717, 1.165) is 0 Å². The van der Waals surface area contributed by atoms with Crippen molar-refractivity contribution in [2.24, 2.45) is 5.73 Å². The van der Waals surface area contributed by atoms with Gasteiger partial charge in [-0.25, -0.2) is 0 Å². The van der Waals surface area contributed by atoms with Crippen molar-refractivity contribution in [3.8, 4) is 0 Å². The maximum Gasteiger partial charge on any atom is 0.293 e. The molecule has 14 heavy (non-hydrogen) atoms. The number of nitrogen functional groups attached to an aromatic ring is 1. The highest BCUT2D eigenvalue weighted by atomic mass is 35.5. The minimum atomic E-state index is -0.543. The normalized spacial score (nSPS) is 9.71. The molecule has 0 unspecified atom stereocenters. The van der Waals surface area contributed by atoms with Gasteiger partial charge in [-0.05, 0) is 12.1 Å². The van der Waals surface area contributed by atoms with E-state index < -0.39 is 5.91 Å². The van der Waals surface area contributed by atoms with Gasteiger partial charge in [-0.2, -0.15) is 4.98 Å². The van der Waals surface area contributed by atoms with Crippen LogP contribution in [-0.4, -0.2) is 10.9 Å². The summed E-state index contributed by atoms with van der Waals surface area (Å²) >= 11 is 0. The highest BCUT2D eigenvalue weighted by molar-refractivity contribution is 6.03. The summed E-state index contributed by atoms with van der Waals surface area (Å²) in [6.45, 7) is 0. The first-order valence-corrected chi connectivity index (χ1v) is 3.63. The predicted octanol–water partition coefficient (Wildman–Crippen LogP) is 0.931. The minimum absolute atomic E-state index is 0. The van der Waals surface area contributed by atoms with Gasteiger partial charge in [0.05, 0.1) is 5.56 Å². The topological polar surface area (TPSA) is 95.1 Å². The molecule has 0 fully saturated rings. The molecule has 0 bridgehead atoms. The summed E-state index contributed by atoms with van der Waals surface area (Å²) in [6, 6.07) is 4.94. The summed E-state index contributed by atoms with van der Waals surface area (Å²) in [7, 11) is 0. The second kappa shape index (κ2) is 3.55. The van der Waals surface area contributed by atoms with Crippen molar-refractivity contribution in [1.82, 2.24) is 4.98 Å². The zero-order valence-corrected chi connectivity index (χ0v) is 7.88. The molecule has 0 aliphatic rings. The van der Waals surface area contributed by atoms with E-state index in [0.29, 0.717) is 16.7 Å². The van der Waals surface area contributed by atoms with E-state index in [1.165, 1.54) is 0 Å². The molecule has 1 heterocycles. The SMILES string of the molecule is Cl.NC(=O)c1cccc2oc(N)nc12. The lowest BCUT2D eigenvalue weighted by Crippen LogP contribution is -2.11. The number of hydrogen-bond donors (Lipinski definition) is 2. The van der Waals surface area contributed by atoms with Gasteiger partial charge in [0.15, 0.2) is 5.58 Å². The van der Waals surface area contributed by atoms with Crippen molar-refractivity contribution in [2.45, 2.75) is 0 Å². The van der Waals surface area contributed by atoms with Gasteiger partial charge in [-0.15, -0.1) is 12.4 Å². The van der Waals surface area contributed by atoms with Crippen molar-refractivity contribution in [2.75, 3.05) is 5.73 Å². The van der Waals surface area contributed by atoms with Gasteiger partial charge in [-0.1, -0.05) is 6.07 Å². The van der Waals surface area contributed by atoms with Crippen molar-refractivity contribution < 1.29 is 9.21 Å². The third-order valence-corrected chi connectivity index (χ3v) is 1.70. The number of para-hydroxylation sites is 1. The van der Waals surface area contributed by atoms with E-state index in [-0.39, 0.29) is 18.4 Å². The number of primary amides is 1. The van der Waals surface area contributed by atoms with Crippen LogP contribution in [0.3, 0.4) is 0 Å². The minimum Gasteiger partial charge on any atom is -0.424 e. The van der Waals surface area contributed by atoms with Crippen LogP contribution < -0.4 is 11.5 Å². The average Bonchev–Trinajstić information content (AvgIpc) is 2.43. The smallest absolute Gasteiger partial charge is 0.293 e. The van der Waals surface area contributed by atoms with Gasteiger partial charge >= 0.3 is 0 Å². The van der Waals surface area contributed by atoms with E-state index >= 15 is 0 Å². The Morgan fingerprint density at radius 1 is 1.43 bits per heavy atom. The fraction of sp³-hybridized carbons (Fsp3) is 0. The number of fused-ring (bicyclic) bond motifs is 1. The van der Waals surface area contributed by atoms with Gasteiger partial charge in [0.2, 0.25) is 0 Å². The predicted molar refractivity (Wildman–Crippen MR) is 54.2 cm³/mol. The highest BCUT2D eigenvalue weighted by Crippen LogP contribution is 2.19. The van der Waals surface area contributed by atoms with Crippen LogP contribution in [0.4, 0.5) is 6.01 Å². The van der Waals surface area contributed by atoms with Crippen LogP contribution in [0.25, 0.3) is 11.1 Å². The number of anilines is 1. The molecule has 5 nitrogen and oxygen atoms in total. The van der Waals surface area contributed by atoms with Crippen molar-refractivity contribution >= 4 is 35.4 Å². The van der Waals surface area contributed by atoms with Gasteiger partial charge in [0, 0.05) is 0 Å². The number of amides is 1. The summed E-state index contributed by atoms with van der Waals surface area (Å²) in [4.78, 5) is 14.8. The molecule has 0 spiro atoms. The number of nitrogens with zero attached hydrogens (tertiary/aromatic N) is 1. The van der Waals surface area contributed by atoms with Crippen molar-refractivity contribution in [3.63, 3.8) is 0 Å². The lowest BCUT2D eigenvalue weighted by Gasteiger charge is -1.93. The number of carbonyl (C=O) groups excluding carboxylic acids is 1. The second-order valence-electron chi connectivity index (χ2n) is 2.57. The Bertz CT molecular complexity index is 480. The molecular formula is C8H8ClN3O2. The molecule has 0 saturated heterocycles. The third kappa shape index (κ3) is 1.49. The van der Waals surface area contributed by atoms with Gasteiger partial charge in [0.25, 0.3) is 11.9 Å². The molecule has 4 N–H and O–H groups in total. The molecule has 1 aromatic heterocycles. The molecule has 0 saturated carbocycles. The molecule has 0 aliphatic heterocycles. The number of oxazole rings is 1.